The smallest absolute Gasteiger partial charge is 0.217 e. The molecule has 0 radical (unpaired) electrons. The van der Waals surface area contributed by atoms with Gasteiger partial charge in [-0.1, -0.05) is 51.1 Å². The summed E-state index contributed by atoms with van der Waals surface area (Å²) in [4.78, 5) is 13.7. The predicted molar refractivity (Wildman–Crippen MR) is 106 cm³/mol. The summed E-state index contributed by atoms with van der Waals surface area (Å²) in [6.45, 7) is 13.9. The number of rotatable bonds is 5. The first kappa shape index (κ1) is 21.1. The molecular formula is C20H33FN2O2Si. The number of carbonyl (C=O) groups excluding carboxylic acids is 1. The number of alkyl halides is 1. The Morgan fingerprint density at radius 3 is 2.42 bits per heavy atom. The van der Waals surface area contributed by atoms with Gasteiger partial charge in [0, 0.05) is 26.6 Å². The molecule has 0 unspecified atom stereocenters. The first-order chi connectivity index (χ1) is 12.0. The van der Waals surface area contributed by atoms with Crippen molar-refractivity contribution in [2.45, 2.75) is 70.7 Å². The van der Waals surface area contributed by atoms with Crippen LogP contribution in [0.1, 0.15) is 33.3 Å². The zero-order valence-corrected chi connectivity index (χ0v) is 17.9. The van der Waals surface area contributed by atoms with Crippen molar-refractivity contribution < 1.29 is 13.6 Å². The summed E-state index contributed by atoms with van der Waals surface area (Å²) in [6, 6.07) is 9.59. The van der Waals surface area contributed by atoms with Crippen LogP contribution in [0.3, 0.4) is 0 Å². The van der Waals surface area contributed by atoms with Crippen molar-refractivity contribution in [1.82, 2.24) is 10.2 Å². The highest BCUT2D eigenvalue weighted by molar-refractivity contribution is 6.74. The fourth-order valence-electron chi connectivity index (χ4n) is 3.08. The fraction of sp³-hybridized carbons (Fsp3) is 0.650. The fourth-order valence-corrected chi connectivity index (χ4v) is 4.40. The van der Waals surface area contributed by atoms with Crippen molar-refractivity contribution >= 4 is 14.2 Å². The highest BCUT2D eigenvalue weighted by Crippen LogP contribution is 2.38. The molecule has 1 N–H and O–H groups in total. The third kappa shape index (κ3) is 5.38. The van der Waals surface area contributed by atoms with Gasteiger partial charge < -0.3 is 9.74 Å². The van der Waals surface area contributed by atoms with E-state index in [1.807, 2.05) is 18.2 Å². The van der Waals surface area contributed by atoms with Gasteiger partial charge in [-0.15, -0.1) is 0 Å². The first-order valence-electron chi connectivity index (χ1n) is 9.35. The Hall–Kier alpha value is -1.24. The minimum atomic E-state index is -2.10. The first-order valence-corrected chi connectivity index (χ1v) is 12.3. The number of nitrogens with zero attached hydrogens (tertiary/aromatic N) is 1. The molecule has 4 nitrogen and oxygen atoms in total. The highest BCUT2D eigenvalue weighted by Gasteiger charge is 2.45. The molecule has 1 fully saturated rings. The summed E-state index contributed by atoms with van der Waals surface area (Å²) >= 11 is 0. The van der Waals surface area contributed by atoms with Crippen molar-refractivity contribution in [3.8, 4) is 0 Å². The van der Waals surface area contributed by atoms with Crippen LogP contribution >= 0.6 is 0 Å². The topological polar surface area (TPSA) is 41.6 Å². The van der Waals surface area contributed by atoms with Crippen LogP contribution in [-0.4, -0.2) is 50.5 Å². The summed E-state index contributed by atoms with van der Waals surface area (Å²) in [5.74, 6) is -0.203. The lowest BCUT2D eigenvalue weighted by atomic mass is 10.00. The molecule has 0 spiro atoms. The molecule has 0 bridgehead atoms. The van der Waals surface area contributed by atoms with Crippen LogP contribution in [0.4, 0.5) is 4.39 Å². The monoisotopic (exact) mass is 380 g/mol. The van der Waals surface area contributed by atoms with Crippen molar-refractivity contribution in [2.75, 3.05) is 13.1 Å². The van der Waals surface area contributed by atoms with E-state index in [2.05, 4.69) is 56.2 Å². The molecule has 1 amide bonds. The Balaban J connectivity index is 2.17. The third-order valence-corrected chi connectivity index (χ3v) is 10.0. The summed E-state index contributed by atoms with van der Waals surface area (Å²) in [5, 5.41) is 2.79. The van der Waals surface area contributed by atoms with Gasteiger partial charge in [-0.3, -0.25) is 9.69 Å². The Morgan fingerprint density at radius 2 is 1.88 bits per heavy atom. The van der Waals surface area contributed by atoms with Gasteiger partial charge in [0.2, 0.25) is 5.91 Å². The second-order valence-corrected chi connectivity index (χ2v) is 13.6. The predicted octanol–water partition coefficient (Wildman–Crippen LogP) is 3.74. The largest absolute Gasteiger partial charge is 0.410 e. The second-order valence-electron chi connectivity index (χ2n) is 8.85. The Bertz CT molecular complexity index is 604. The maximum atomic E-state index is 15.2. The number of amides is 1. The third-order valence-electron chi connectivity index (χ3n) is 5.52. The molecule has 1 aliphatic heterocycles. The van der Waals surface area contributed by atoms with Gasteiger partial charge in [0.15, 0.2) is 8.32 Å². The maximum absolute atomic E-state index is 15.2. The normalized spacial score (nSPS) is 25.1. The lowest BCUT2D eigenvalue weighted by Crippen LogP contribution is -2.62. The number of hydrogen-bond acceptors (Lipinski definition) is 3. The van der Waals surface area contributed by atoms with E-state index in [4.69, 9.17) is 4.43 Å². The van der Waals surface area contributed by atoms with Crippen molar-refractivity contribution in [2.24, 2.45) is 0 Å². The number of halogens is 1. The molecule has 0 aromatic heterocycles. The van der Waals surface area contributed by atoms with Crippen LogP contribution in [0.15, 0.2) is 30.3 Å². The molecule has 1 saturated heterocycles. The second kappa shape index (κ2) is 8.19. The SMILES string of the molecule is CC(=O)N[C@H]1CN(Cc2ccccc2)C[C@@H](O[Si](C)(C)C(C)(C)C)[C@@H]1F. The summed E-state index contributed by atoms with van der Waals surface area (Å²) in [6.07, 6.45) is -1.72. The number of benzene rings is 1. The minimum absolute atomic E-state index is 0.0118. The van der Waals surface area contributed by atoms with Crippen LogP contribution in [0.2, 0.25) is 18.1 Å². The molecule has 0 aliphatic carbocycles. The van der Waals surface area contributed by atoms with E-state index < -0.39 is 26.6 Å². The van der Waals surface area contributed by atoms with E-state index in [1.54, 1.807) is 0 Å². The van der Waals surface area contributed by atoms with Crippen molar-refractivity contribution in [3.63, 3.8) is 0 Å². The molecule has 3 atom stereocenters. The van der Waals surface area contributed by atoms with Gasteiger partial charge in [0.25, 0.3) is 0 Å². The van der Waals surface area contributed by atoms with Crippen LogP contribution < -0.4 is 5.32 Å². The summed E-state index contributed by atoms with van der Waals surface area (Å²) in [7, 11) is -2.10. The van der Waals surface area contributed by atoms with Gasteiger partial charge in [0.05, 0.1) is 12.1 Å². The Morgan fingerprint density at radius 1 is 1.27 bits per heavy atom. The lowest BCUT2D eigenvalue weighted by molar-refractivity contribution is -0.121. The minimum Gasteiger partial charge on any atom is -0.410 e. The molecule has 0 saturated carbocycles. The lowest BCUT2D eigenvalue weighted by Gasteiger charge is -2.46. The molecule has 1 aliphatic rings. The Kier molecular flexibility index (Phi) is 6.63. The highest BCUT2D eigenvalue weighted by atomic mass is 28.4. The van der Waals surface area contributed by atoms with E-state index >= 15 is 4.39 Å². The van der Waals surface area contributed by atoms with Gasteiger partial charge in [0.1, 0.15) is 6.17 Å². The van der Waals surface area contributed by atoms with Crippen LogP contribution in [0.5, 0.6) is 0 Å². The average molecular weight is 381 g/mol. The van der Waals surface area contributed by atoms with Crippen LogP contribution in [0.25, 0.3) is 0 Å². The molecule has 6 heteroatoms. The van der Waals surface area contributed by atoms with Crippen LogP contribution in [0, 0.1) is 0 Å². The van der Waals surface area contributed by atoms with E-state index in [0.717, 1.165) is 6.54 Å². The number of nitrogens with one attached hydrogen (secondary N) is 1. The molecule has 1 aromatic rings. The summed E-state index contributed by atoms with van der Waals surface area (Å²) < 4.78 is 21.6. The molecule has 1 heterocycles. The average Bonchev–Trinajstić information content (AvgIpc) is 2.51. The molecule has 146 valence electrons. The van der Waals surface area contributed by atoms with Gasteiger partial charge >= 0.3 is 0 Å². The standard InChI is InChI=1S/C20H33FN2O2Si/c1-15(24)22-17-13-23(12-16-10-8-7-9-11-16)14-18(19(17)21)25-26(5,6)20(2,3)4/h7-11,17-19H,12-14H2,1-6H3,(H,22,24)/t17-,18+,19+/m0/s1. The maximum Gasteiger partial charge on any atom is 0.217 e. The number of carbonyl (C=O) groups is 1. The van der Waals surface area contributed by atoms with Crippen molar-refractivity contribution in [3.05, 3.63) is 35.9 Å². The quantitative estimate of drug-likeness (QED) is 0.791. The van der Waals surface area contributed by atoms with Crippen molar-refractivity contribution in [1.29, 1.82) is 0 Å². The van der Waals surface area contributed by atoms with E-state index in [-0.39, 0.29) is 10.9 Å². The molecular weight excluding hydrogens is 347 g/mol. The van der Waals surface area contributed by atoms with Gasteiger partial charge in [-0.2, -0.15) is 0 Å². The zero-order valence-electron chi connectivity index (χ0n) is 16.9. The van der Waals surface area contributed by atoms with Crippen LogP contribution in [-0.2, 0) is 15.8 Å². The van der Waals surface area contributed by atoms with E-state index in [0.29, 0.717) is 13.1 Å². The Labute approximate surface area is 158 Å². The van der Waals surface area contributed by atoms with Gasteiger partial charge in [-0.05, 0) is 23.7 Å². The summed E-state index contributed by atoms with van der Waals surface area (Å²) in [5.41, 5.74) is 1.18. The number of hydrogen-bond donors (Lipinski definition) is 1. The van der Waals surface area contributed by atoms with Gasteiger partial charge in [-0.25, -0.2) is 4.39 Å². The molecule has 2 rings (SSSR count). The van der Waals surface area contributed by atoms with E-state index in [1.165, 1.54) is 12.5 Å². The molecule has 1 aromatic carbocycles. The number of likely N-dealkylation sites (tertiary alicyclic amines) is 1. The number of piperidine rings is 1. The zero-order chi connectivity index (χ0) is 19.5. The van der Waals surface area contributed by atoms with E-state index in [9.17, 15) is 4.79 Å². The molecule has 26 heavy (non-hydrogen) atoms.